The molecule has 0 aliphatic carbocycles. The van der Waals surface area contributed by atoms with Gasteiger partial charge in [-0.3, -0.25) is 10.3 Å². The Balaban J connectivity index is 1.35. The highest BCUT2D eigenvalue weighted by atomic mass is 15.3. The average Bonchev–Trinajstić information content (AvgIpc) is 2.88. The second-order valence-electron chi connectivity index (χ2n) is 9.65. The van der Waals surface area contributed by atoms with Gasteiger partial charge in [-0.1, -0.05) is 73.3 Å². The molecule has 0 aromatic heterocycles. The molecule has 0 bridgehead atoms. The minimum absolute atomic E-state index is 0.0924. The van der Waals surface area contributed by atoms with Gasteiger partial charge in [0.1, 0.15) is 0 Å². The maximum Gasteiger partial charge on any atom is 0.0805 e. The number of anilines is 1. The van der Waals surface area contributed by atoms with Crippen LogP contribution in [-0.2, 0) is 6.54 Å². The van der Waals surface area contributed by atoms with Gasteiger partial charge in [-0.25, -0.2) is 0 Å². The second kappa shape index (κ2) is 8.75. The fraction of sp³-hybridized carbons (Fsp3) is 0.276. The van der Waals surface area contributed by atoms with Crippen LogP contribution in [0.5, 0.6) is 0 Å². The van der Waals surface area contributed by atoms with E-state index in [2.05, 4.69) is 107 Å². The Labute approximate surface area is 201 Å². The highest BCUT2D eigenvalue weighted by molar-refractivity contribution is 6.15. The SMILES string of the molecule is C=C1NN=C2c3c(cccc31)NC(c1ccc(CN3CCN(C)CC3)cc1)C2c1ccccc1. The molecule has 2 N–H and O–H groups in total. The van der Waals surface area contributed by atoms with Crippen molar-refractivity contribution >= 4 is 17.1 Å². The first-order valence-corrected chi connectivity index (χ1v) is 12.1. The largest absolute Gasteiger partial charge is 0.377 e. The third-order valence-electron chi connectivity index (χ3n) is 7.40. The Morgan fingerprint density at radius 1 is 0.882 bits per heavy atom. The highest BCUT2D eigenvalue weighted by Crippen LogP contribution is 2.45. The molecule has 3 aliphatic heterocycles. The van der Waals surface area contributed by atoms with Gasteiger partial charge in [0, 0.05) is 49.5 Å². The molecule has 34 heavy (non-hydrogen) atoms. The average molecular weight is 450 g/mol. The van der Waals surface area contributed by atoms with Crippen LogP contribution in [-0.4, -0.2) is 48.7 Å². The summed E-state index contributed by atoms with van der Waals surface area (Å²) >= 11 is 0. The van der Waals surface area contributed by atoms with Crippen molar-refractivity contribution in [1.82, 2.24) is 15.2 Å². The first-order chi connectivity index (χ1) is 16.7. The van der Waals surface area contributed by atoms with E-state index >= 15 is 0 Å². The van der Waals surface area contributed by atoms with Gasteiger partial charge in [0.25, 0.3) is 0 Å². The Hall–Kier alpha value is -3.41. The lowest BCUT2D eigenvalue weighted by molar-refractivity contribution is 0.148. The summed E-state index contributed by atoms with van der Waals surface area (Å²) in [6.07, 6.45) is 0. The summed E-state index contributed by atoms with van der Waals surface area (Å²) < 4.78 is 0. The lowest BCUT2D eigenvalue weighted by atomic mass is 9.76. The smallest absolute Gasteiger partial charge is 0.0805 e. The van der Waals surface area contributed by atoms with Gasteiger partial charge in [-0.05, 0) is 29.8 Å². The van der Waals surface area contributed by atoms with E-state index in [0.717, 1.165) is 55.4 Å². The molecule has 0 amide bonds. The first kappa shape index (κ1) is 21.1. The molecule has 0 saturated carbocycles. The molecule has 2 unspecified atom stereocenters. The minimum atomic E-state index is 0.0924. The van der Waals surface area contributed by atoms with Crippen molar-refractivity contribution < 1.29 is 0 Å². The van der Waals surface area contributed by atoms with Crippen LogP contribution in [0.25, 0.3) is 5.70 Å². The van der Waals surface area contributed by atoms with Crippen LogP contribution in [0.2, 0.25) is 0 Å². The van der Waals surface area contributed by atoms with Gasteiger partial charge in [-0.15, -0.1) is 0 Å². The van der Waals surface area contributed by atoms with E-state index in [0.29, 0.717) is 0 Å². The van der Waals surface area contributed by atoms with Gasteiger partial charge in [0.05, 0.1) is 23.4 Å². The van der Waals surface area contributed by atoms with Crippen LogP contribution in [0.3, 0.4) is 0 Å². The van der Waals surface area contributed by atoms with Gasteiger partial charge in [0.15, 0.2) is 0 Å². The quantitative estimate of drug-likeness (QED) is 0.608. The fourth-order valence-electron chi connectivity index (χ4n) is 5.46. The van der Waals surface area contributed by atoms with E-state index in [4.69, 9.17) is 5.10 Å². The summed E-state index contributed by atoms with van der Waals surface area (Å²) in [4.78, 5) is 4.95. The highest BCUT2D eigenvalue weighted by Gasteiger charge is 2.38. The Bertz CT molecular complexity index is 1220. The predicted octanol–water partition coefficient (Wildman–Crippen LogP) is 4.66. The number of rotatable bonds is 4. The van der Waals surface area contributed by atoms with Crippen LogP contribution in [0.4, 0.5) is 5.69 Å². The third kappa shape index (κ3) is 3.81. The van der Waals surface area contributed by atoms with Crippen molar-refractivity contribution in [3.05, 3.63) is 107 Å². The molecule has 172 valence electrons. The molecule has 6 rings (SSSR count). The van der Waals surface area contributed by atoms with Crippen LogP contribution >= 0.6 is 0 Å². The Morgan fingerprint density at radius 3 is 2.41 bits per heavy atom. The molecule has 2 atom stereocenters. The van der Waals surface area contributed by atoms with E-state index < -0.39 is 0 Å². The van der Waals surface area contributed by atoms with E-state index in [1.807, 2.05) is 0 Å². The summed E-state index contributed by atoms with van der Waals surface area (Å²) in [7, 11) is 2.20. The van der Waals surface area contributed by atoms with Crippen molar-refractivity contribution in [1.29, 1.82) is 0 Å². The molecular formula is C29H31N5. The van der Waals surface area contributed by atoms with E-state index in [9.17, 15) is 0 Å². The molecule has 0 spiro atoms. The van der Waals surface area contributed by atoms with Crippen LogP contribution in [0, 0.1) is 0 Å². The fourth-order valence-corrected chi connectivity index (χ4v) is 5.46. The zero-order chi connectivity index (χ0) is 23.1. The van der Waals surface area contributed by atoms with Crippen molar-refractivity contribution in [2.24, 2.45) is 5.10 Å². The van der Waals surface area contributed by atoms with E-state index in [-0.39, 0.29) is 12.0 Å². The summed E-state index contributed by atoms with van der Waals surface area (Å²) in [5.74, 6) is 0.0962. The van der Waals surface area contributed by atoms with Crippen LogP contribution in [0.15, 0.2) is 84.5 Å². The monoisotopic (exact) mass is 449 g/mol. The van der Waals surface area contributed by atoms with Crippen LogP contribution in [0.1, 0.15) is 39.8 Å². The van der Waals surface area contributed by atoms with E-state index in [1.54, 1.807) is 0 Å². The number of nitrogens with zero attached hydrogens (tertiary/aromatic N) is 3. The predicted molar refractivity (Wildman–Crippen MR) is 140 cm³/mol. The zero-order valence-electron chi connectivity index (χ0n) is 19.7. The molecule has 3 heterocycles. The number of likely N-dealkylation sites (N-methyl/N-ethyl adjacent to an activating group) is 1. The summed E-state index contributed by atoms with van der Waals surface area (Å²) in [6.45, 7) is 9.75. The standard InChI is InChI=1S/C29H31N5/c1-20-24-9-6-10-25-27(24)29(32-31-20)26(22-7-4-3-5-8-22)28(30-25)23-13-11-21(12-14-23)19-34-17-15-33(2)16-18-34/h3-14,26,28,30-31H,1,15-19H2,2H3. The molecule has 3 aromatic rings. The summed E-state index contributed by atoms with van der Waals surface area (Å²) in [5, 5.41) is 8.69. The van der Waals surface area contributed by atoms with Gasteiger partial charge < -0.3 is 10.2 Å². The lowest BCUT2D eigenvalue weighted by Crippen LogP contribution is -2.43. The first-order valence-electron chi connectivity index (χ1n) is 12.1. The molecule has 5 nitrogen and oxygen atoms in total. The molecule has 5 heteroatoms. The molecule has 0 radical (unpaired) electrons. The normalized spacial score (nSPS) is 22.4. The maximum atomic E-state index is 4.83. The Morgan fingerprint density at radius 2 is 1.65 bits per heavy atom. The van der Waals surface area contributed by atoms with Crippen molar-refractivity contribution in [3.8, 4) is 0 Å². The molecule has 1 fully saturated rings. The third-order valence-corrected chi connectivity index (χ3v) is 7.40. The van der Waals surface area contributed by atoms with Crippen molar-refractivity contribution in [2.75, 3.05) is 38.5 Å². The van der Waals surface area contributed by atoms with Crippen LogP contribution < -0.4 is 10.7 Å². The summed E-state index contributed by atoms with van der Waals surface area (Å²) in [5.41, 5.74) is 12.4. The maximum absolute atomic E-state index is 4.83. The van der Waals surface area contributed by atoms with Crippen molar-refractivity contribution in [2.45, 2.75) is 18.5 Å². The summed E-state index contributed by atoms with van der Waals surface area (Å²) in [6, 6.07) is 26.4. The molecule has 3 aromatic carbocycles. The second-order valence-corrected chi connectivity index (χ2v) is 9.65. The van der Waals surface area contributed by atoms with Gasteiger partial charge >= 0.3 is 0 Å². The molecule has 3 aliphatic rings. The molecule has 1 saturated heterocycles. The number of benzene rings is 3. The van der Waals surface area contributed by atoms with Crippen molar-refractivity contribution in [3.63, 3.8) is 0 Å². The lowest BCUT2D eigenvalue weighted by Gasteiger charge is -2.39. The zero-order valence-corrected chi connectivity index (χ0v) is 19.7. The number of nitrogens with one attached hydrogen (secondary N) is 2. The Kier molecular flexibility index (Phi) is 5.44. The topological polar surface area (TPSA) is 42.9 Å². The number of piperazine rings is 1. The minimum Gasteiger partial charge on any atom is -0.377 e. The van der Waals surface area contributed by atoms with E-state index in [1.165, 1.54) is 22.3 Å². The number of hydrazone groups is 1. The van der Waals surface area contributed by atoms with Gasteiger partial charge in [-0.2, -0.15) is 5.10 Å². The van der Waals surface area contributed by atoms with Gasteiger partial charge in [0.2, 0.25) is 0 Å². The number of hydrogen-bond acceptors (Lipinski definition) is 5. The molecular weight excluding hydrogens is 418 g/mol. The number of hydrogen-bond donors (Lipinski definition) is 2.